The normalized spacial score (nSPS) is 11.9. The van der Waals surface area contributed by atoms with Crippen LogP contribution in [0.2, 0.25) is 0 Å². The molecule has 1 aliphatic heterocycles. The van der Waals surface area contributed by atoms with Crippen molar-refractivity contribution in [1.82, 2.24) is 0 Å². The van der Waals surface area contributed by atoms with Crippen molar-refractivity contribution in [1.29, 1.82) is 0 Å². The first kappa shape index (κ1) is 31.5. The molecule has 5 rings (SSSR count). The van der Waals surface area contributed by atoms with Gasteiger partial charge < -0.3 is 9.47 Å². The Morgan fingerprint density at radius 1 is 0.574 bits per heavy atom. The van der Waals surface area contributed by atoms with Gasteiger partial charge in [-0.05, 0) is 36.4 Å². The zero-order chi connectivity index (χ0) is 33.8. The number of Topliss-reactive ketones (excluding diaryl/α,β-unsaturated/α-hetero) is 2. The number of benzene rings is 4. The van der Waals surface area contributed by atoms with Gasteiger partial charge in [0.05, 0.1) is 37.8 Å². The molecule has 0 aliphatic carbocycles. The molecule has 0 atom stereocenters. The minimum Gasteiger partial charge on any atom is -0.454 e. The number of nitrogens with zero attached hydrogens (tertiary/aromatic N) is 3. The third-order valence-electron chi connectivity index (χ3n) is 6.89. The zero-order valence-electron chi connectivity index (χ0n) is 23.8. The van der Waals surface area contributed by atoms with Crippen molar-refractivity contribution < 1.29 is 48.1 Å². The lowest BCUT2D eigenvalue weighted by atomic mass is 10.1. The lowest BCUT2D eigenvalue weighted by molar-refractivity contribution is -0.385. The first-order valence-corrected chi connectivity index (χ1v) is 13.5. The largest absolute Gasteiger partial charge is 0.454 e. The Balaban J connectivity index is 1.25. The highest BCUT2D eigenvalue weighted by molar-refractivity contribution is 6.34. The Morgan fingerprint density at radius 2 is 1.04 bits per heavy atom. The van der Waals surface area contributed by atoms with E-state index in [1.165, 1.54) is 72.8 Å². The van der Waals surface area contributed by atoms with Crippen LogP contribution in [0.25, 0.3) is 0 Å². The number of imide groups is 1. The highest BCUT2D eigenvalue weighted by atomic mass is 16.6. The Kier molecular flexibility index (Phi) is 8.71. The van der Waals surface area contributed by atoms with Crippen LogP contribution in [0.1, 0.15) is 62.1 Å². The summed E-state index contributed by atoms with van der Waals surface area (Å²) in [6.07, 6.45) is 0. The molecule has 1 heterocycles. The first-order valence-electron chi connectivity index (χ1n) is 13.5. The average molecular weight is 638 g/mol. The molecule has 4 aromatic carbocycles. The van der Waals surface area contributed by atoms with E-state index >= 15 is 0 Å². The smallest absolute Gasteiger partial charge is 0.338 e. The van der Waals surface area contributed by atoms with Gasteiger partial charge in [-0.2, -0.15) is 0 Å². The van der Waals surface area contributed by atoms with E-state index < -0.39 is 58.4 Å². The number of ketones is 2. The van der Waals surface area contributed by atoms with Crippen LogP contribution in [0.4, 0.5) is 17.1 Å². The fourth-order valence-electron chi connectivity index (χ4n) is 4.56. The van der Waals surface area contributed by atoms with Gasteiger partial charge in [0, 0.05) is 35.4 Å². The van der Waals surface area contributed by atoms with Crippen LogP contribution in [-0.4, -0.2) is 58.4 Å². The lowest BCUT2D eigenvalue weighted by Gasteiger charge is -2.14. The van der Waals surface area contributed by atoms with Gasteiger partial charge in [-0.25, -0.2) is 14.5 Å². The van der Waals surface area contributed by atoms with Gasteiger partial charge >= 0.3 is 11.9 Å². The molecule has 4 aromatic rings. The van der Waals surface area contributed by atoms with Gasteiger partial charge in [0.1, 0.15) is 0 Å². The van der Waals surface area contributed by atoms with Crippen molar-refractivity contribution in [2.45, 2.75) is 0 Å². The number of nitro groups is 2. The van der Waals surface area contributed by atoms with Gasteiger partial charge in [-0.3, -0.25) is 39.4 Å². The van der Waals surface area contributed by atoms with Crippen molar-refractivity contribution in [3.8, 4) is 0 Å². The molecular formula is C32H19N3O12. The van der Waals surface area contributed by atoms with Crippen LogP contribution in [-0.2, 0) is 9.47 Å². The lowest BCUT2D eigenvalue weighted by Crippen LogP contribution is -2.29. The van der Waals surface area contributed by atoms with Crippen molar-refractivity contribution in [2.75, 3.05) is 18.1 Å². The molecule has 0 spiro atoms. The predicted octanol–water partition coefficient (Wildman–Crippen LogP) is 4.38. The number of carbonyl (C=O) groups is 6. The summed E-state index contributed by atoms with van der Waals surface area (Å²) >= 11 is 0. The Bertz CT molecular complexity index is 2040. The second-order valence-electron chi connectivity index (χ2n) is 9.87. The van der Waals surface area contributed by atoms with E-state index in [-0.39, 0.29) is 50.4 Å². The van der Waals surface area contributed by atoms with Crippen LogP contribution in [0.3, 0.4) is 0 Å². The SMILES string of the molecule is O=C(COC(=O)c1cccc(N2C(=O)c3ccc(C(=O)OCC(=O)c4cccc([N+](=O)[O-])c4)cc3C2=O)c1)c1cccc([N+](=O)[O-])c1. The number of nitro benzene ring substituents is 2. The second kappa shape index (κ2) is 13.0. The summed E-state index contributed by atoms with van der Waals surface area (Å²) in [6, 6.07) is 18.6. The van der Waals surface area contributed by atoms with Crippen molar-refractivity contribution in [2.24, 2.45) is 0 Å². The minimum absolute atomic E-state index is 0.0117. The Hall–Kier alpha value is -6.90. The molecule has 0 bridgehead atoms. The Labute approximate surface area is 263 Å². The fourth-order valence-corrected chi connectivity index (χ4v) is 4.56. The maximum atomic E-state index is 13.3. The van der Waals surface area contributed by atoms with E-state index in [4.69, 9.17) is 9.47 Å². The number of non-ortho nitro benzene ring substituents is 2. The maximum Gasteiger partial charge on any atom is 0.338 e. The number of rotatable bonds is 11. The van der Waals surface area contributed by atoms with Gasteiger partial charge in [-0.15, -0.1) is 0 Å². The fraction of sp³-hybridized carbons (Fsp3) is 0.0625. The van der Waals surface area contributed by atoms with Crippen molar-refractivity contribution in [3.63, 3.8) is 0 Å². The number of carbonyl (C=O) groups excluding carboxylic acids is 6. The van der Waals surface area contributed by atoms with E-state index in [0.717, 1.165) is 23.1 Å². The molecule has 0 unspecified atom stereocenters. The molecular weight excluding hydrogens is 618 g/mol. The van der Waals surface area contributed by atoms with Gasteiger partial charge in [0.25, 0.3) is 23.2 Å². The molecule has 15 nitrogen and oxygen atoms in total. The monoisotopic (exact) mass is 637 g/mol. The standard InChI is InChI=1S/C32H19N3O12/c36-27(18-4-1-8-23(12-18)34(42)43)16-46-31(40)20-6-3-7-22(14-20)33-29(38)25-11-10-21(15-26(25)30(33)39)32(41)47-17-28(37)19-5-2-9-24(13-19)35(44)45/h1-15H,16-17H2. The van der Waals surface area contributed by atoms with E-state index in [1.807, 2.05) is 0 Å². The van der Waals surface area contributed by atoms with Gasteiger partial charge in [0.2, 0.25) is 11.6 Å². The number of ether oxygens (including phenoxy) is 2. The number of hydrogen-bond donors (Lipinski definition) is 0. The van der Waals surface area contributed by atoms with Crippen molar-refractivity contribution in [3.05, 3.63) is 145 Å². The van der Waals surface area contributed by atoms with Gasteiger partial charge in [-0.1, -0.05) is 30.3 Å². The van der Waals surface area contributed by atoms with E-state index in [9.17, 15) is 49.0 Å². The van der Waals surface area contributed by atoms with Crippen LogP contribution in [0, 0.1) is 20.2 Å². The summed E-state index contributed by atoms with van der Waals surface area (Å²) in [5.74, 6) is -4.92. The zero-order valence-corrected chi connectivity index (χ0v) is 23.8. The van der Waals surface area contributed by atoms with Crippen LogP contribution >= 0.6 is 0 Å². The molecule has 0 saturated carbocycles. The molecule has 15 heteroatoms. The third kappa shape index (κ3) is 6.63. The van der Waals surface area contributed by atoms with Crippen molar-refractivity contribution >= 4 is 52.4 Å². The van der Waals surface area contributed by atoms with E-state index in [0.29, 0.717) is 0 Å². The molecule has 1 aliphatic rings. The Morgan fingerprint density at radius 3 is 1.57 bits per heavy atom. The number of anilines is 1. The predicted molar refractivity (Wildman–Crippen MR) is 159 cm³/mol. The minimum atomic E-state index is -0.991. The summed E-state index contributed by atoms with van der Waals surface area (Å²) in [5, 5.41) is 21.9. The third-order valence-corrected chi connectivity index (χ3v) is 6.89. The van der Waals surface area contributed by atoms with E-state index in [2.05, 4.69) is 0 Å². The molecule has 0 radical (unpaired) electrons. The summed E-state index contributed by atoms with van der Waals surface area (Å²) in [7, 11) is 0. The molecule has 0 aromatic heterocycles. The second-order valence-corrected chi connectivity index (χ2v) is 9.87. The number of hydrogen-bond acceptors (Lipinski definition) is 12. The molecule has 47 heavy (non-hydrogen) atoms. The molecule has 2 amide bonds. The molecule has 0 saturated heterocycles. The van der Waals surface area contributed by atoms with Crippen LogP contribution < -0.4 is 4.90 Å². The average Bonchev–Trinajstić information content (AvgIpc) is 3.34. The van der Waals surface area contributed by atoms with Gasteiger partial charge in [0.15, 0.2) is 13.2 Å². The number of esters is 2. The molecule has 0 N–H and O–H groups in total. The van der Waals surface area contributed by atoms with Crippen LogP contribution in [0.15, 0.2) is 91.0 Å². The highest BCUT2D eigenvalue weighted by Gasteiger charge is 2.37. The highest BCUT2D eigenvalue weighted by Crippen LogP contribution is 2.30. The first-order chi connectivity index (χ1) is 22.4. The topological polar surface area (TPSA) is 210 Å². The summed E-state index contributed by atoms with van der Waals surface area (Å²) in [6.45, 7) is -1.47. The summed E-state index contributed by atoms with van der Waals surface area (Å²) < 4.78 is 10.1. The number of fused-ring (bicyclic) bond motifs is 1. The molecule has 234 valence electrons. The van der Waals surface area contributed by atoms with E-state index in [1.54, 1.807) is 0 Å². The summed E-state index contributed by atoms with van der Waals surface area (Å²) in [4.78, 5) is 98.0. The number of amides is 2. The quantitative estimate of drug-likeness (QED) is 0.0737. The summed E-state index contributed by atoms with van der Waals surface area (Å²) in [5.41, 5.74) is -1.17. The maximum absolute atomic E-state index is 13.3. The van der Waals surface area contributed by atoms with Crippen LogP contribution in [0.5, 0.6) is 0 Å². The molecule has 0 fully saturated rings.